The Bertz CT molecular complexity index is 988. The van der Waals surface area contributed by atoms with Crippen LogP contribution in [-0.2, 0) is 13.1 Å². The van der Waals surface area contributed by atoms with Gasteiger partial charge in [-0.05, 0) is 31.4 Å². The van der Waals surface area contributed by atoms with Gasteiger partial charge in [-0.3, -0.25) is 4.79 Å². The lowest BCUT2D eigenvalue weighted by molar-refractivity contribution is 0.449. The van der Waals surface area contributed by atoms with Crippen molar-refractivity contribution in [1.29, 1.82) is 0 Å². The Balaban J connectivity index is 1.33. The van der Waals surface area contributed by atoms with Gasteiger partial charge in [-0.2, -0.15) is 4.98 Å². The van der Waals surface area contributed by atoms with Gasteiger partial charge in [0.1, 0.15) is 5.82 Å². The topological polar surface area (TPSA) is 92.1 Å². The molecule has 0 amide bonds. The van der Waals surface area contributed by atoms with Gasteiger partial charge in [0.15, 0.2) is 5.75 Å². The van der Waals surface area contributed by atoms with Gasteiger partial charge in [0.25, 0.3) is 0 Å². The van der Waals surface area contributed by atoms with E-state index in [1.807, 2.05) is 28.8 Å². The van der Waals surface area contributed by atoms with E-state index in [-0.39, 0.29) is 11.2 Å². The van der Waals surface area contributed by atoms with Gasteiger partial charge in [-0.25, -0.2) is 4.98 Å². The average Bonchev–Trinajstić information content (AvgIpc) is 2.78. The number of nitrogens with one attached hydrogen (secondary N) is 2. The molecule has 30 heavy (non-hydrogen) atoms. The maximum atomic E-state index is 11.4. The van der Waals surface area contributed by atoms with Crippen LogP contribution in [0.5, 0.6) is 5.75 Å². The van der Waals surface area contributed by atoms with Gasteiger partial charge in [0.05, 0.1) is 5.69 Å². The molecule has 0 bridgehead atoms. The summed E-state index contributed by atoms with van der Waals surface area (Å²) in [5.74, 6) is 1.28. The first kappa shape index (κ1) is 21.4. The Morgan fingerprint density at radius 1 is 1.00 bits per heavy atom. The third-order valence-corrected chi connectivity index (χ3v) is 4.99. The summed E-state index contributed by atoms with van der Waals surface area (Å²) in [6.45, 7) is 4.12. The first-order valence-corrected chi connectivity index (χ1v) is 10.4. The number of pyridine rings is 1. The summed E-state index contributed by atoms with van der Waals surface area (Å²) in [7, 11) is 0. The van der Waals surface area contributed by atoms with Crippen LogP contribution in [0.3, 0.4) is 0 Å². The normalized spacial score (nSPS) is 10.7. The van der Waals surface area contributed by atoms with E-state index in [1.165, 1.54) is 11.6 Å². The molecule has 0 fully saturated rings. The maximum absolute atomic E-state index is 11.4. The van der Waals surface area contributed by atoms with Gasteiger partial charge in [-0.15, -0.1) is 0 Å². The second kappa shape index (κ2) is 11.0. The Morgan fingerprint density at radius 3 is 2.63 bits per heavy atom. The Hall–Kier alpha value is -3.35. The second-order valence-electron chi connectivity index (χ2n) is 7.25. The SMILES string of the molecule is Cc1c(O)c(=O)ccn1CCCCCCNc1ccnc(NCc2ccccc2)n1. The number of anilines is 2. The molecule has 0 saturated heterocycles. The molecule has 3 rings (SSSR count). The van der Waals surface area contributed by atoms with E-state index in [2.05, 4.69) is 32.7 Å². The quantitative estimate of drug-likeness (QED) is 0.417. The molecule has 7 heteroatoms. The molecule has 0 saturated carbocycles. The lowest BCUT2D eigenvalue weighted by Crippen LogP contribution is -2.10. The standard InChI is InChI=1S/C23H29N5O2/c1-18-22(30)20(29)12-16-28(18)15-8-3-2-7-13-24-21-11-14-25-23(27-21)26-17-19-9-5-4-6-10-19/h4-6,9-12,14,16,30H,2-3,7-8,13,15,17H2,1H3,(H2,24,25,26,27). The summed E-state index contributed by atoms with van der Waals surface area (Å²) < 4.78 is 1.93. The summed E-state index contributed by atoms with van der Waals surface area (Å²) >= 11 is 0. The molecule has 1 aromatic carbocycles. The van der Waals surface area contributed by atoms with E-state index in [1.54, 1.807) is 19.3 Å². The van der Waals surface area contributed by atoms with Gasteiger partial charge in [0.2, 0.25) is 11.4 Å². The molecule has 3 N–H and O–H groups in total. The highest BCUT2D eigenvalue weighted by atomic mass is 16.3. The number of hydrogen-bond acceptors (Lipinski definition) is 6. The van der Waals surface area contributed by atoms with Crippen LogP contribution >= 0.6 is 0 Å². The molecule has 0 unspecified atom stereocenters. The van der Waals surface area contributed by atoms with Gasteiger partial charge in [0, 0.05) is 38.1 Å². The predicted octanol–water partition coefficient (Wildman–Crippen LogP) is 3.94. The first-order valence-electron chi connectivity index (χ1n) is 10.4. The van der Waals surface area contributed by atoms with E-state index in [0.717, 1.165) is 44.6 Å². The maximum Gasteiger partial charge on any atom is 0.224 e. The van der Waals surface area contributed by atoms with Crippen molar-refractivity contribution in [3.8, 4) is 5.75 Å². The zero-order valence-corrected chi connectivity index (χ0v) is 17.3. The molecule has 2 heterocycles. The molecule has 0 radical (unpaired) electrons. The first-order chi connectivity index (χ1) is 14.6. The van der Waals surface area contributed by atoms with Crippen LogP contribution in [0.2, 0.25) is 0 Å². The highest BCUT2D eigenvalue weighted by Crippen LogP contribution is 2.12. The summed E-state index contributed by atoms with van der Waals surface area (Å²) in [5.41, 5.74) is 1.49. The lowest BCUT2D eigenvalue weighted by Gasteiger charge is -2.11. The number of aryl methyl sites for hydroxylation is 1. The number of benzene rings is 1. The van der Waals surface area contributed by atoms with Crippen LogP contribution in [-0.4, -0.2) is 26.2 Å². The minimum Gasteiger partial charge on any atom is -0.503 e. The Labute approximate surface area is 176 Å². The zero-order chi connectivity index (χ0) is 21.2. The van der Waals surface area contributed by atoms with Gasteiger partial charge in [-0.1, -0.05) is 43.2 Å². The molecule has 158 valence electrons. The van der Waals surface area contributed by atoms with Crippen LogP contribution in [0.15, 0.2) is 59.7 Å². The molecular formula is C23H29N5O2. The average molecular weight is 408 g/mol. The monoisotopic (exact) mass is 407 g/mol. The van der Waals surface area contributed by atoms with Crippen LogP contribution < -0.4 is 16.1 Å². The summed E-state index contributed by atoms with van der Waals surface area (Å²) in [4.78, 5) is 20.2. The van der Waals surface area contributed by atoms with Crippen molar-refractivity contribution in [3.63, 3.8) is 0 Å². The smallest absolute Gasteiger partial charge is 0.224 e. The van der Waals surface area contributed by atoms with Crippen LogP contribution in [0, 0.1) is 6.92 Å². The minimum atomic E-state index is -0.321. The Morgan fingerprint density at radius 2 is 1.80 bits per heavy atom. The number of hydrogen-bond donors (Lipinski definition) is 3. The fourth-order valence-corrected chi connectivity index (χ4v) is 3.20. The van der Waals surface area contributed by atoms with E-state index >= 15 is 0 Å². The summed E-state index contributed by atoms with van der Waals surface area (Å²) in [5, 5.41) is 16.3. The molecule has 0 atom stereocenters. The lowest BCUT2D eigenvalue weighted by atomic mass is 10.2. The third kappa shape index (κ3) is 6.34. The predicted molar refractivity (Wildman–Crippen MR) is 120 cm³/mol. The number of rotatable bonds is 11. The van der Waals surface area contributed by atoms with E-state index in [4.69, 9.17) is 0 Å². The highest BCUT2D eigenvalue weighted by molar-refractivity contribution is 5.39. The van der Waals surface area contributed by atoms with Crippen molar-refractivity contribution in [2.45, 2.75) is 45.7 Å². The number of aromatic nitrogens is 3. The van der Waals surface area contributed by atoms with Gasteiger partial charge >= 0.3 is 0 Å². The molecular weight excluding hydrogens is 378 g/mol. The molecule has 3 aromatic rings. The largest absolute Gasteiger partial charge is 0.503 e. The van der Waals surface area contributed by atoms with Crippen molar-refractivity contribution in [1.82, 2.24) is 14.5 Å². The second-order valence-corrected chi connectivity index (χ2v) is 7.25. The summed E-state index contributed by atoms with van der Waals surface area (Å²) in [6.07, 6.45) is 7.74. The molecule has 2 aromatic heterocycles. The van der Waals surface area contributed by atoms with E-state index in [9.17, 15) is 9.90 Å². The zero-order valence-electron chi connectivity index (χ0n) is 17.3. The van der Waals surface area contributed by atoms with Gasteiger partial charge < -0.3 is 20.3 Å². The summed E-state index contributed by atoms with van der Waals surface area (Å²) in [6, 6.07) is 13.5. The van der Waals surface area contributed by atoms with Crippen LogP contribution in [0.1, 0.15) is 36.9 Å². The van der Waals surface area contributed by atoms with Crippen molar-refractivity contribution in [2.24, 2.45) is 0 Å². The minimum absolute atomic E-state index is 0.149. The van der Waals surface area contributed by atoms with E-state index in [0.29, 0.717) is 18.2 Å². The van der Waals surface area contributed by atoms with Crippen molar-refractivity contribution < 1.29 is 5.11 Å². The molecule has 0 spiro atoms. The molecule has 7 nitrogen and oxygen atoms in total. The molecule has 0 aliphatic heterocycles. The van der Waals surface area contributed by atoms with Crippen LogP contribution in [0.25, 0.3) is 0 Å². The van der Waals surface area contributed by atoms with Crippen molar-refractivity contribution >= 4 is 11.8 Å². The number of aromatic hydroxyl groups is 1. The molecule has 0 aliphatic rings. The fraction of sp³-hybridized carbons (Fsp3) is 0.348. The fourth-order valence-electron chi connectivity index (χ4n) is 3.20. The van der Waals surface area contributed by atoms with Crippen molar-refractivity contribution in [2.75, 3.05) is 17.2 Å². The molecule has 0 aliphatic carbocycles. The van der Waals surface area contributed by atoms with E-state index < -0.39 is 0 Å². The van der Waals surface area contributed by atoms with Crippen LogP contribution in [0.4, 0.5) is 11.8 Å². The number of unbranched alkanes of at least 4 members (excludes halogenated alkanes) is 3. The van der Waals surface area contributed by atoms with Crippen molar-refractivity contribution in [3.05, 3.63) is 76.3 Å². The number of nitrogens with zero attached hydrogens (tertiary/aromatic N) is 3. The third-order valence-electron chi connectivity index (χ3n) is 4.99. The highest BCUT2D eigenvalue weighted by Gasteiger charge is 2.04. The Kier molecular flexibility index (Phi) is 7.83.